The number of thioether (sulfide) groups is 1. The molecular weight excluding hydrogens is 350 g/mol. The van der Waals surface area contributed by atoms with Gasteiger partial charge < -0.3 is 0 Å². The second-order valence-electron chi connectivity index (χ2n) is 4.72. The summed E-state index contributed by atoms with van der Waals surface area (Å²) in [6.45, 7) is 3.88. The fourth-order valence-electron chi connectivity index (χ4n) is 1.80. The molecule has 0 fully saturated rings. The van der Waals surface area contributed by atoms with Gasteiger partial charge in [-0.1, -0.05) is 46.9 Å². The Balaban J connectivity index is 1.58. The summed E-state index contributed by atoms with van der Waals surface area (Å²) in [5.74, 6) is 0.834. The van der Waals surface area contributed by atoms with Crippen molar-refractivity contribution in [3.8, 4) is 11.4 Å². The van der Waals surface area contributed by atoms with Crippen LogP contribution in [0.15, 0.2) is 28.6 Å². The van der Waals surface area contributed by atoms with Gasteiger partial charge in [0.25, 0.3) is 0 Å². The Hall–Kier alpha value is -1.84. The molecule has 2 aromatic heterocycles. The lowest BCUT2D eigenvalue weighted by Gasteiger charge is -1.98. The molecular formula is C14H13N5OS3. The van der Waals surface area contributed by atoms with E-state index in [9.17, 15) is 4.79 Å². The van der Waals surface area contributed by atoms with Crippen LogP contribution in [-0.2, 0) is 4.79 Å². The van der Waals surface area contributed by atoms with Crippen molar-refractivity contribution in [3.05, 3.63) is 34.8 Å². The van der Waals surface area contributed by atoms with Crippen molar-refractivity contribution in [1.82, 2.24) is 19.6 Å². The van der Waals surface area contributed by atoms with Gasteiger partial charge in [-0.05, 0) is 31.4 Å². The third-order valence-corrected chi connectivity index (χ3v) is 5.37. The van der Waals surface area contributed by atoms with Gasteiger partial charge in [0.15, 0.2) is 10.2 Å². The van der Waals surface area contributed by atoms with Crippen molar-refractivity contribution >= 4 is 45.7 Å². The fourth-order valence-corrected chi connectivity index (χ4v) is 3.82. The molecule has 6 nitrogen and oxygen atoms in total. The van der Waals surface area contributed by atoms with Gasteiger partial charge >= 0.3 is 0 Å². The molecule has 3 aromatic rings. The Bertz CT molecular complexity index is 829. The summed E-state index contributed by atoms with van der Waals surface area (Å²) in [5, 5.41) is 11.8. The van der Waals surface area contributed by atoms with E-state index in [0.29, 0.717) is 11.0 Å². The van der Waals surface area contributed by atoms with Gasteiger partial charge in [-0.25, -0.2) is 4.98 Å². The van der Waals surface area contributed by atoms with Crippen LogP contribution in [0.5, 0.6) is 0 Å². The van der Waals surface area contributed by atoms with Crippen LogP contribution in [0, 0.1) is 13.8 Å². The highest BCUT2D eigenvalue weighted by Crippen LogP contribution is 2.25. The second kappa shape index (κ2) is 7.16. The van der Waals surface area contributed by atoms with Crippen LogP contribution in [0.1, 0.15) is 10.6 Å². The van der Waals surface area contributed by atoms with Gasteiger partial charge in [0.05, 0.1) is 5.75 Å². The zero-order valence-corrected chi connectivity index (χ0v) is 14.9. The average molecular weight is 363 g/mol. The highest BCUT2D eigenvalue weighted by molar-refractivity contribution is 8.01. The van der Waals surface area contributed by atoms with Crippen LogP contribution in [0.2, 0.25) is 0 Å². The van der Waals surface area contributed by atoms with E-state index < -0.39 is 0 Å². The predicted octanol–water partition coefficient (Wildman–Crippen LogP) is 3.40. The number of aromatic nitrogens is 4. The van der Waals surface area contributed by atoms with Gasteiger partial charge in [0.1, 0.15) is 5.01 Å². The summed E-state index contributed by atoms with van der Waals surface area (Å²) in [7, 11) is 0. The predicted molar refractivity (Wildman–Crippen MR) is 94.1 cm³/mol. The molecule has 0 atom stereocenters. The Labute approximate surface area is 145 Å². The maximum atomic E-state index is 11.9. The summed E-state index contributed by atoms with van der Waals surface area (Å²) >= 11 is 4.01. The lowest BCUT2D eigenvalue weighted by Crippen LogP contribution is -2.13. The van der Waals surface area contributed by atoms with E-state index in [0.717, 1.165) is 14.9 Å². The fraction of sp³-hybridized carbons (Fsp3) is 0.214. The maximum Gasteiger partial charge on any atom is 0.236 e. The summed E-state index contributed by atoms with van der Waals surface area (Å²) in [4.78, 5) is 16.3. The second-order valence-corrected chi connectivity index (χ2v) is 7.87. The molecule has 0 bridgehead atoms. The lowest BCUT2D eigenvalue weighted by atomic mass is 10.1. The third-order valence-electron chi connectivity index (χ3n) is 2.78. The maximum absolute atomic E-state index is 11.9. The average Bonchev–Trinajstić information content (AvgIpc) is 3.14. The first-order chi connectivity index (χ1) is 11.1. The van der Waals surface area contributed by atoms with E-state index in [-0.39, 0.29) is 11.7 Å². The topological polar surface area (TPSA) is 80.7 Å². The lowest BCUT2D eigenvalue weighted by molar-refractivity contribution is -0.113. The summed E-state index contributed by atoms with van der Waals surface area (Å²) in [6, 6.07) is 8.04. The van der Waals surface area contributed by atoms with Crippen LogP contribution in [0.4, 0.5) is 5.13 Å². The minimum Gasteiger partial charge on any atom is -0.300 e. The van der Waals surface area contributed by atoms with Gasteiger partial charge in [0.2, 0.25) is 11.0 Å². The van der Waals surface area contributed by atoms with Crippen molar-refractivity contribution in [2.24, 2.45) is 0 Å². The highest BCUT2D eigenvalue weighted by Gasteiger charge is 2.11. The van der Waals surface area contributed by atoms with Crippen molar-refractivity contribution in [1.29, 1.82) is 0 Å². The molecule has 23 heavy (non-hydrogen) atoms. The number of anilines is 1. The van der Waals surface area contributed by atoms with Gasteiger partial charge in [-0.2, -0.15) is 4.37 Å². The van der Waals surface area contributed by atoms with E-state index in [1.165, 1.54) is 40.2 Å². The van der Waals surface area contributed by atoms with Crippen molar-refractivity contribution < 1.29 is 4.79 Å². The van der Waals surface area contributed by atoms with Gasteiger partial charge in [-0.3, -0.25) is 10.1 Å². The molecule has 118 valence electrons. The van der Waals surface area contributed by atoms with E-state index in [4.69, 9.17) is 0 Å². The first kappa shape index (κ1) is 16.0. The number of nitrogens with one attached hydrogen (secondary N) is 1. The largest absolute Gasteiger partial charge is 0.300 e. The molecule has 0 unspecified atom stereocenters. The number of aryl methyl sites for hydroxylation is 2. The highest BCUT2D eigenvalue weighted by atomic mass is 32.2. The number of benzene rings is 1. The smallest absolute Gasteiger partial charge is 0.236 e. The van der Waals surface area contributed by atoms with E-state index >= 15 is 0 Å². The van der Waals surface area contributed by atoms with Gasteiger partial charge in [0, 0.05) is 5.56 Å². The van der Waals surface area contributed by atoms with Crippen molar-refractivity contribution in [3.63, 3.8) is 0 Å². The third kappa shape index (κ3) is 4.34. The van der Waals surface area contributed by atoms with Crippen LogP contribution in [0.3, 0.4) is 0 Å². The molecule has 1 N–H and O–H groups in total. The first-order valence-electron chi connectivity index (χ1n) is 6.73. The number of amides is 1. The van der Waals surface area contributed by atoms with Crippen LogP contribution >= 0.6 is 34.6 Å². The zero-order valence-electron chi connectivity index (χ0n) is 12.4. The molecule has 0 spiro atoms. The standard InChI is InChI=1S/C14H13N5OS3/c1-8-4-3-5-10(6-8)12-16-14(23-19-12)21-7-11(20)15-13-18-17-9(2)22-13/h3-6H,7H2,1-2H3,(H,15,18,20). The SMILES string of the molecule is Cc1cccc(-c2nsc(SCC(=O)Nc3nnc(C)s3)n2)c1. The van der Waals surface area contributed by atoms with Crippen LogP contribution < -0.4 is 5.32 Å². The van der Waals surface area contributed by atoms with Crippen LogP contribution in [0.25, 0.3) is 11.4 Å². The molecule has 1 amide bonds. The number of carbonyl (C=O) groups is 1. The molecule has 0 aliphatic heterocycles. The molecule has 0 saturated carbocycles. The molecule has 3 rings (SSSR count). The molecule has 0 saturated heterocycles. The Kier molecular flexibility index (Phi) is 4.99. The van der Waals surface area contributed by atoms with E-state index in [2.05, 4.69) is 24.9 Å². The summed E-state index contributed by atoms with van der Waals surface area (Å²) < 4.78 is 5.12. The number of nitrogens with zero attached hydrogens (tertiary/aromatic N) is 4. The molecule has 9 heteroatoms. The number of carbonyl (C=O) groups excluding carboxylic acids is 1. The molecule has 0 aliphatic carbocycles. The Morgan fingerprint density at radius 2 is 2.17 bits per heavy atom. The number of hydrogen-bond donors (Lipinski definition) is 1. The quantitative estimate of drug-likeness (QED) is 0.700. The van der Waals surface area contributed by atoms with Gasteiger partial charge in [-0.15, -0.1) is 10.2 Å². The summed E-state index contributed by atoms with van der Waals surface area (Å²) in [6.07, 6.45) is 0. The zero-order chi connectivity index (χ0) is 16.2. The monoisotopic (exact) mass is 363 g/mol. The number of hydrogen-bond acceptors (Lipinski definition) is 8. The summed E-state index contributed by atoms with van der Waals surface area (Å²) in [5.41, 5.74) is 2.15. The Morgan fingerprint density at radius 3 is 2.91 bits per heavy atom. The van der Waals surface area contributed by atoms with Crippen LogP contribution in [-0.4, -0.2) is 31.2 Å². The number of rotatable bonds is 5. The normalized spacial score (nSPS) is 10.7. The van der Waals surface area contributed by atoms with Crippen molar-refractivity contribution in [2.75, 3.05) is 11.1 Å². The molecule has 0 radical (unpaired) electrons. The van der Waals surface area contributed by atoms with E-state index in [1.54, 1.807) is 0 Å². The molecule has 0 aliphatic rings. The molecule has 2 heterocycles. The first-order valence-corrected chi connectivity index (χ1v) is 9.31. The molecule has 1 aromatic carbocycles. The van der Waals surface area contributed by atoms with Crippen molar-refractivity contribution in [2.45, 2.75) is 18.2 Å². The van der Waals surface area contributed by atoms with E-state index in [1.807, 2.05) is 38.1 Å². The Morgan fingerprint density at radius 1 is 1.30 bits per heavy atom. The minimum atomic E-state index is -0.126. The minimum absolute atomic E-state index is 0.126.